The Bertz CT molecular complexity index is 1490. The van der Waals surface area contributed by atoms with Crippen LogP contribution in [0.5, 0.6) is 0 Å². The molecule has 6 rings (SSSR count). The van der Waals surface area contributed by atoms with Crippen molar-refractivity contribution in [2.45, 2.75) is 56.7 Å². The van der Waals surface area contributed by atoms with Crippen LogP contribution in [-0.4, -0.2) is 65.3 Å². The lowest BCUT2D eigenvalue weighted by Gasteiger charge is -2.35. The molecule has 3 aromatic rings. The first kappa shape index (κ1) is 30.3. The van der Waals surface area contributed by atoms with Crippen LogP contribution in [0.3, 0.4) is 0 Å². The zero-order valence-electron chi connectivity index (χ0n) is 24.6. The molecular weight excluding hydrogens is 598 g/mol. The third-order valence-electron chi connectivity index (χ3n) is 8.95. The molecule has 4 unspecified atom stereocenters. The Morgan fingerprint density at radius 1 is 0.909 bits per heavy atom. The summed E-state index contributed by atoms with van der Waals surface area (Å²) < 4.78 is 5.15. The first-order valence-corrected chi connectivity index (χ1v) is 16.6. The molecule has 1 N–H and O–H groups in total. The van der Waals surface area contributed by atoms with Gasteiger partial charge in [0.25, 0.3) is 0 Å². The molecule has 3 amide bonds. The highest BCUT2D eigenvalue weighted by atomic mass is 35.5. The predicted molar refractivity (Wildman–Crippen MR) is 169 cm³/mol. The molecule has 2 aliphatic heterocycles. The lowest BCUT2D eigenvalue weighted by Crippen LogP contribution is -2.53. The molecule has 0 radical (unpaired) electrons. The van der Waals surface area contributed by atoms with E-state index in [4.69, 9.17) is 16.3 Å². The monoisotopic (exact) mass is 633 g/mol. The quantitative estimate of drug-likeness (QED) is 0.303. The largest absolute Gasteiger partial charge is 0.450 e. The number of hydrogen-bond acceptors (Lipinski definition) is 6. The van der Waals surface area contributed by atoms with Gasteiger partial charge in [-0.15, -0.1) is 11.3 Å². The Hall–Kier alpha value is -3.69. The van der Waals surface area contributed by atoms with Gasteiger partial charge in [0.1, 0.15) is 6.04 Å². The highest BCUT2D eigenvalue weighted by Crippen LogP contribution is 2.53. The van der Waals surface area contributed by atoms with Crippen molar-refractivity contribution in [2.24, 2.45) is 11.8 Å². The summed E-state index contributed by atoms with van der Waals surface area (Å²) in [5, 5.41) is 5.65. The van der Waals surface area contributed by atoms with Crippen LogP contribution in [-0.2, 0) is 14.3 Å². The van der Waals surface area contributed by atoms with E-state index < -0.39 is 23.9 Å². The summed E-state index contributed by atoms with van der Waals surface area (Å²) in [6, 6.07) is 18.8. The van der Waals surface area contributed by atoms with E-state index in [1.807, 2.05) is 60.0 Å². The van der Waals surface area contributed by atoms with Gasteiger partial charge in [-0.3, -0.25) is 14.4 Å². The normalized spacial score (nSPS) is 23.8. The highest BCUT2D eigenvalue weighted by Gasteiger charge is 2.59. The maximum Gasteiger partial charge on any atom is 0.409 e. The van der Waals surface area contributed by atoms with Crippen molar-refractivity contribution in [3.05, 3.63) is 93.1 Å². The maximum atomic E-state index is 14.5. The predicted octanol–water partition coefficient (Wildman–Crippen LogP) is 6.08. The second-order valence-corrected chi connectivity index (χ2v) is 13.1. The number of nitrogens with zero attached hydrogens (tertiary/aromatic N) is 2. The van der Waals surface area contributed by atoms with E-state index in [0.717, 1.165) is 24.0 Å². The molecule has 4 atom stereocenters. The number of Topliss-reactive ketones (excluding diaryl/α,β-unsaturated/α-hetero) is 1. The zero-order chi connectivity index (χ0) is 30.8. The van der Waals surface area contributed by atoms with Gasteiger partial charge in [-0.05, 0) is 67.3 Å². The molecule has 8 nitrogen and oxygen atoms in total. The summed E-state index contributed by atoms with van der Waals surface area (Å²) >= 11 is 7.66. The minimum atomic E-state index is -0.911. The Kier molecular flexibility index (Phi) is 9.05. The first-order valence-electron chi connectivity index (χ1n) is 15.3. The molecule has 3 fully saturated rings. The van der Waals surface area contributed by atoms with Crippen molar-refractivity contribution in [2.75, 3.05) is 19.7 Å². The average Bonchev–Trinajstić information content (AvgIpc) is 3.62. The number of benzene rings is 2. The van der Waals surface area contributed by atoms with Crippen LogP contribution >= 0.6 is 22.9 Å². The van der Waals surface area contributed by atoms with E-state index >= 15 is 0 Å². The lowest BCUT2D eigenvalue weighted by molar-refractivity contribution is -0.142. The minimum Gasteiger partial charge on any atom is -0.450 e. The number of carbonyl (C=O) groups is 4. The van der Waals surface area contributed by atoms with Crippen molar-refractivity contribution in [1.82, 2.24) is 15.1 Å². The lowest BCUT2D eigenvalue weighted by atomic mass is 9.77. The van der Waals surface area contributed by atoms with Gasteiger partial charge in [-0.25, -0.2) is 4.79 Å². The minimum absolute atomic E-state index is 0.0829. The number of ether oxygens (including phenoxy) is 1. The molecule has 3 aliphatic rings. The summed E-state index contributed by atoms with van der Waals surface area (Å²) in [4.78, 5) is 59.4. The van der Waals surface area contributed by atoms with Gasteiger partial charge in [0.2, 0.25) is 11.8 Å². The van der Waals surface area contributed by atoms with Crippen molar-refractivity contribution >= 4 is 46.6 Å². The van der Waals surface area contributed by atoms with Crippen LogP contribution in [0.25, 0.3) is 0 Å². The number of thiophene rings is 1. The Morgan fingerprint density at radius 2 is 1.61 bits per heavy atom. The first-order chi connectivity index (χ1) is 21.4. The summed E-state index contributed by atoms with van der Waals surface area (Å²) in [5.41, 5.74) is 1.61. The van der Waals surface area contributed by atoms with Gasteiger partial charge in [0.15, 0.2) is 5.78 Å². The number of halogens is 1. The van der Waals surface area contributed by atoms with Crippen LogP contribution in [0.15, 0.2) is 72.1 Å². The Balaban J connectivity index is 1.41. The number of carbonyl (C=O) groups excluding carboxylic acids is 4. The molecule has 1 aliphatic carbocycles. The van der Waals surface area contributed by atoms with E-state index in [-0.39, 0.29) is 35.7 Å². The van der Waals surface area contributed by atoms with E-state index in [2.05, 4.69) is 5.32 Å². The van der Waals surface area contributed by atoms with Gasteiger partial charge in [0.05, 0.1) is 23.4 Å². The van der Waals surface area contributed by atoms with Crippen LogP contribution < -0.4 is 5.32 Å². The summed E-state index contributed by atoms with van der Waals surface area (Å²) in [6.07, 6.45) is 2.33. The number of hydrogen-bond donors (Lipinski definition) is 1. The summed E-state index contributed by atoms with van der Waals surface area (Å²) in [7, 11) is 0. The topological polar surface area (TPSA) is 96.0 Å². The molecule has 230 valence electrons. The van der Waals surface area contributed by atoms with Crippen molar-refractivity contribution < 1.29 is 23.9 Å². The molecule has 2 saturated heterocycles. The fourth-order valence-electron chi connectivity index (χ4n) is 6.71. The van der Waals surface area contributed by atoms with Crippen molar-refractivity contribution in [3.63, 3.8) is 0 Å². The SMILES string of the molecule is CCOC(=O)N1CCC(NC(=O)C2C(c3ccc(Cl)cc3)C(C(=O)c3cccs3)C(c3ccccc3)N2C(=O)C2CC2)CC1. The highest BCUT2D eigenvalue weighted by molar-refractivity contribution is 7.12. The smallest absolute Gasteiger partial charge is 0.409 e. The third-order valence-corrected chi connectivity index (χ3v) is 10.1. The van der Waals surface area contributed by atoms with Crippen LogP contribution in [0, 0.1) is 11.8 Å². The van der Waals surface area contributed by atoms with Gasteiger partial charge in [-0.1, -0.05) is 60.1 Å². The number of amides is 3. The van der Waals surface area contributed by atoms with E-state index in [1.54, 1.807) is 28.9 Å². The second kappa shape index (κ2) is 13.1. The zero-order valence-corrected chi connectivity index (χ0v) is 26.1. The number of likely N-dealkylation sites (tertiary alicyclic amines) is 2. The van der Waals surface area contributed by atoms with Crippen molar-refractivity contribution in [3.8, 4) is 0 Å². The van der Waals surface area contributed by atoms with E-state index in [0.29, 0.717) is 42.4 Å². The molecular formula is C34H36ClN3O5S. The Morgan fingerprint density at radius 3 is 2.23 bits per heavy atom. The van der Waals surface area contributed by atoms with Crippen LogP contribution in [0.4, 0.5) is 4.79 Å². The number of ketones is 1. The molecule has 3 heterocycles. The number of piperidine rings is 1. The number of nitrogens with one attached hydrogen (secondary N) is 1. The van der Waals surface area contributed by atoms with E-state index in [9.17, 15) is 19.2 Å². The van der Waals surface area contributed by atoms with Gasteiger partial charge >= 0.3 is 6.09 Å². The average molecular weight is 634 g/mol. The molecule has 0 bridgehead atoms. The number of rotatable bonds is 8. The summed E-state index contributed by atoms with van der Waals surface area (Å²) in [6.45, 7) is 3.01. The van der Waals surface area contributed by atoms with Crippen LogP contribution in [0.2, 0.25) is 5.02 Å². The van der Waals surface area contributed by atoms with Gasteiger partial charge in [0, 0.05) is 36.0 Å². The molecule has 0 spiro atoms. The standard InChI is InChI=1S/C34H36ClN3O5S/c1-2-43-34(42)37-18-16-25(17-19-37)36-32(40)30-27(21-12-14-24(35)15-13-21)28(31(39)26-9-6-20-44-26)29(22-7-4-3-5-8-22)38(30)33(41)23-10-11-23/h3-9,12-15,20,23,25,27-30H,2,10-11,16-19H2,1H3,(H,36,40). The molecule has 10 heteroatoms. The fourth-order valence-corrected chi connectivity index (χ4v) is 7.55. The maximum absolute atomic E-state index is 14.5. The molecule has 1 aromatic heterocycles. The van der Waals surface area contributed by atoms with Gasteiger partial charge < -0.3 is 19.9 Å². The van der Waals surface area contributed by atoms with Crippen LogP contribution in [0.1, 0.15) is 65.4 Å². The fraction of sp³-hybridized carbons (Fsp3) is 0.412. The Labute approximate surface area is 266 Å². The second-order valence-electron chi connectivity index (χ2n) is 11.7. The van der Waals surface area contributed by atoms with Gasteiger partial charge in [-0.2, -0.15) is 0 Å². The van der Waals surface area contributed by atoms with Crippen molar-refractivity contribution in [1.29, 1.82) is 0 Å². The van der Waals surface area contributed by atoms with E-state index in [1.165, 1.54) is 11.3 Å². The summed E-state index contributed by atoms with van der Waals surface area (Å²) in [5.74, 6) is -1.91. The molecule has 1 saturated carbocycles. The third kappa shape index (κ3) is 6.13. The molecule has 2 aromatic carbocycles. The molecule has 44 heavy (non-hydrogen) atoms.